The standard InChI is InChI=1S/C34H39FN4O2/c1-41-28-12-8-25(9-13-28)31(40)22-33-16-18-34(19-17-33,26-14-20-38(33)21-15-26)37-32-36-29-4-2-3-5-30(29)39(32)23-24-6-10-27(35)11-7-24/h2-13,26,31,40H,14-23H2,1H3,(H,36,37). The average molecular weight is 555 g/mol. The number of aliphatic hydroxyl groups excluding tert-OH is 1. The maximum Gasteiger partial charge on any atom is 0.204 e. The van der Waals surface area contributed by atoms with E-state index in [-0.39, 0.29) is 16.9 Å². The molecule has 5 aliphatic heterocycles. The summed E-state index contributed by atoms with van der Waals surface area (Å²) < 4.78 is 21.2. The number of nitrogens with one attached hydrogen (secondary N) is 1. The van der Waals surface area contributed by atoms with E-state index in [1.165, 1.54) is 12.1 Å². The number of hydrogen-bond acceptors (Lipinski definition) is 5. The Morgan fingerprint density at radius 3 is 2.39 bits per heavy atom. The van der Waals surface area contributed by atoms with Crippen LogP contribution in [0.15, 0.2) is 72.8 Å². The predicted molar refractivity (Wildman–Crippen MR) is 160 cm³/mol. The van der Waals surface area contributed by atoms with Crippen LogP contribution in [-0.2, 0) is 6.54 Å². The molecule has 6 nitrogen and oxygen atoms in total. The fraction of sp³-hybridized carbons (Fsp3) is 0.441. The van der Waals surface area contributed by atoms with Crippen LogP contribution < -0.4 is 10.1 Å². The van der Waals surface area contributed by atoms with Crippen molar-refractivity contribution in [3.8, 4) is 5.75 Å². The highest BCUT2D eigenvalue weighted by atomic mass is 19.1. The van der Waals surface area contributed by atoms with Gasteiger partial charge in [-0.15, -0.1) is 0 Å². The minimum absolute atomic E-state index is 0.00413. The number of para-hydroxylation sites is 2. The molecule has 1 atom stereocenters. The van der Waals surface area contributed by atoms with Crippen LogP contribution in [0, 0.1) is 11.7 Å². The van der Waals surface area contributed by atoms with Crippen LogP contribution in [0.2, 0.25) is 0 Å². The van der Waals surface area contributed by atoms with Gasteiger partial charge in [-0.1, -0.05) is 36.4 Å². The number of rotatable bonds is 8. The SMILES string of the molecule is COc1ccc(C(O)CC23CCC(Nc4nc5ccccc5n4Cc4ccc(F)cc4)(CC2)C2CCN3CC2)cc1. The lowest BCUT2D eigenvalue weighted by Gasteiger charge is -2.61. The zero-order valence-electron chi connectivity index (χ0n) is 23.7. The normalized spacial score (nSPS) is 27.9. The lowest BCUT2D eigenvalue weighted by molar-refractivity contribution is -0.0708. The Morgan fingerprint density at radius 2 is 1.68 bits per heavy atom. The molecular formula is C34H39FN4O2. The van der Waals surface area contributed by atoms with E-state index in [0.717, 1.165) is 91.9 Å². The van der Waals surface area contributed by atoms with Gasteiger partial charge in [0, 0.05) is 11.1 Å². The van der Waals surface area contributed by atoms with E-state index in [1.807, 2.05) is 42.5 Å². The Morgan fingerprint density at radius 1 is 0.976 bits per heavy atom. The molecule has 4 bridgehead atoms. The molecule has 1 aliphatic carbocycles. The first-order valence-electron chi connectivity index (χ1n) is 15.0. The van der Waals surface area contributed by atoms with E-state index < -0.39 is 6.10 Å². The number of nitrogens with zero attached hydrogens (tertiary/aromatic N) is 3. The minimum atomic E-state index is -0.501. The summed E-state index contributed by atoms with van der Waals surface area (Å²) in [6.45, 7) is 2.79. The average Bonchev–Trinajstić information content (AvgIpc) is 3.34. The van der Waals surface area contributed by atoms with Gasteiger partial charge in [0.1, 0.15) is 11.6 Å². The van der Waals surface area contributed by atoms with Crippen LogP contribution in [0.4, 0.5) is 10.3 Å². The molecule has 0 radical (unpaired) electrons. The van der Waals surface area contributed by atoms with Gasteiger partial charge in [-0.25, -0.2) is 9.37 Å². The third kappa shape index (κ3) is 4.79. The summed E-state index contributed by atoms with van der Waals surface area (Å²) in [7, 11) is 1.67. The Bertz CT molecular complexity index is 1500. The number of imidazole rings is 1. The van der Waals surface area contributed by atoms with E-state index in [0.29, 0.717) is 12.5 Å². The number of benzene rings is 3. The molecule has 10 rings (SSSR count). The molecule has 6 fully saturated rings. The quantitative estimate of drug-likeness (QED) is 0.259. The Balaban J connectivity index is 1.18. The molecule has 1 saturated carbocycles. The van der Waals surface area contributed by atoms with E-state index in [4.69, 9.17) is 9.72 Å². The molecule has 214 valence electrons. The first-order valence-corrected chi connectivity index (χ1v) is 15.0. The number of halogens is 1. The monoisotopic (exact) mass is 554 g/mol. The van der Waals surface area contributed by atoms with Gasteiger partial charge in [-0.3, -0.25) is 4.90 Å². The van der Waals surface area contributed by atoms with E-state index in [2.05, 4.69) is 33.0 Å². The molecular weight excluding hydrogens is 515 g/mol. The van der Waals surface area contributed by atoms with Crippen molar-refractivity contribution in [3.63, 3.8) is 0 Å². The molecule has 5 saturated heterocycles. The summed E-state index contributed by atoms with van der Waals surface area (Å²) >= 11 is 0. The number of anilines is 1. The molecule has 6 heterocycles. The van der Waals surface area contributed by atoms with Crippen molar-refractivity contribution in [3.05, 3.63) is 89.7 Å². The number of fused-ring (bicyclic) bond motifs is 1. The highest BCUT2D eigenvalue weighted by Gasteiger charge is 2.54. The first-order chi connectivity index (χ1) is 20.0. The van der Waals surface area contributed by atoms with Gasteiger partial charge >= 0.3 is 0 Å². The van der Waals surface area contributed by atoms with Crippen molar-refractivity contribution in [2.24, 2.45) is 5.92 Å². The highest BCUT2D eigenvalue weighted by Crippen LogP contribution is 2.53. The van der Waals surface area contributed by atoms with Gasteiger partial charge in [0.2, 0.25) is 5.95 Å². The molecule has 0 amide bonds. The van der Waals surface area contributed by atoms with Crippen molar-refractivity contribution in [1.29, 1.82) is 0 Å². The maximum absolute atomic E-state index is 13.6. The topological polar surface area (TPSA) is 62.6 Å². The maximum atomic E-state index is 13.6. The number of aromatic nitrogens is 2. The molecule has 2 N–H and O–H groups in total. The van der Waals surface area contributed by atoms with Gasteiger partial charge in [0.15, 0.2) is 0 Å². The van der Waals surface area contributed by atoms with Crippen molar-refractivity contribution in [1.82, 2.24) is 14.5 Å². The zero-order chi connectivity index (χ0) is 28.0. The van der Waals surface area contributed by atoms with E-state index in [9.17, 15) is 9.50 Å². The van der Waals surface area contributed by atoms with Crippen LogP contribution in [0.5, 0.6) is 5.75 Å². The summed E-state index contributed by atoms with van der Waals surface area (Å²) in [5.74, 6) is 2.09. The van der Waals surface area contributed by atoms with Gasteiger partial charge in [-0.2, -0.15) is 0 Å². The number of piperidine rings is 1. The number of hydrogen-bond donors (Lipinski definition) is 2. The number of methoxy groups -OCH3 is 1. The minimum Gasteiger partial charge on any atom is -0.497 e. The summed E-state index contributed by atoms with van der Waals surface area (Å²) in [6.07, 6.45) is 6.80. The molecule has 4 aromatic rings. The number of aliphatic hydroxyl groups is 1. The largest absolute Gasteiger partial charge is 0.497 e. The first kappa shape index (κ1) is 26.5. The Labute approximate surface area is 241 Å². The lowest BCUT2D eigenvalue weighted by atomic mass is 9.59. The molecule has 1 unspecified atom stereocenters. The molecule has 1 aromatic heterocycles. The summed E-state index contributed by atoms with van der Waals surface area (Å²) in [4.78, 5) is 7.80. The van der Waals surface area contributed by atoms with Gasteiger partial charge in [0.25, 0.3) is 0 Å². The highest BCUT2D eigenvalue weighted by molar-refractivity contribution is 5.79. The third-order valence-corrected chi connectivity index (χ3v) is 10.4. The van der Waals surface area contributed by atoms with Crippen LogP contribution in [0.3, 0.4) is 0 Å². The molecule has 7 heteroatoms. The smallest absolute Gasteiger partial charge is 0.204 e. The van der Waals surface area contributed by atoms with Crippen LogP contribution in [-0.4, -0.2) is 50.8 Å². The molecule has 0 spiro atoms. The van der Waals surface area contributed by atoms with Crippen LogP contribution in [0.1, 0.15) is 62.2 Å². The summed E-state index contributed by atoms with van der Waals surface area (Å²) in [5.41, 5.74) is 4.05. The Kier molecular flexibility index (Phi) is 6.75. The van der Waals surface area contributed by atoms with Crippen molar-refractivity contribution in [2.75, 3.05) is 25.5 Å². The molecule has 3 aromatic carbocycles. The van der Waals surface area contributed by atoms with Crippen molar-refractivity contribution >= 4 is 17.0 Å². The summed E-state index contributed by atoms with van der Waals surface area (Å²) in [5, 5.41) is 15.5. The second-order valence-corrected chi connectivity index (χ2v) is 12.4. The predicted octanol–water partition coefficient (Wildman–Crippen LogP) is 6.55. The van der Waals surface area contributed by atoms with Gasteiger partial charge in [0.05, 0.1) is 30.8 Å². The van der Waals surface area contributed by atoms with Crippen molar-refractivity contribution < 1.29 is 14.2 Å². The Hall–Kier alpha value is -3.42. The number of ether oxygens (including phenoxy) is 1. The second-order valence-electron chi connectivity index (χ2n) is 12.4. The fourth-order valence-corrected chi connectivity index (χ4v) is 7.98. The van der Waals surface area contributed by atoms with Gasteiger partial charge < -0.3 is 19.7 Å². The fourth-order valence-electron chi connectivity index (χ4n) is 7.98. The van der Waals surface area contributed by atoms with Gasteiger partial charge in [-0.05, 0) is 111 Å². The van der Waals surface area contributed by atoms with E-state index >= 15 is 0 Å². The van der Waals surface area contributed by atoms with Crippen LogP contribution >= 0.6 is 0 Å². The second kappa shape index (κ2) is 10.4. The molecule has 6 aliphatic rings. The summed E-state index contributed by atoms with van der Waals surface area (Å²) in [6, 6.07) is 22.9. The zero-order valence-corrected chi connectivity index (χ0v) is 23.7. The lowest BCUT2D eigenvalue weighted by Crippen LogP contribution is -2.65. The van der Waals surface area contributed by atoms with E-state index in [1.54, 1.807) is 7.11 Å². The third-order valence-electron chi connectivity index (χ3n) is 10.4. The van der Waals surface area contributed by atoms with Crippen LogP contribution in [0.25, 0.3) is 11.0 Å². The van der Waals surface area contributed by atoms with Crippen molar-refractivity contribution in [2.45, 2.75) is 68.7 Å². The molecule has 41 heavy (non-hydrogen) atoms.